The van der Waals surface area contributed by atoms with E-state index in [-0.39, 0.29) is 6.04 Å². The molecule has 0 aliphatic carbocycles. The highest BCUT2D eigenvalue weighted by atomic mass is 35.5. The second kappa shape index (κ2) is 5.28. The average molecular weight is 274 g/mol. The Morgan fingerprint density at radius 2 is 2.17 bits per heavy atom. The van der Waals surface area contributed by atoms with Crippen molar-refractivity contribution < 1.29 is 9.90 Å². The molecule has 6 heteroatoms. The highest BCUT2D eigenvalue weighted by Gasteiger charge is 2.34. The molecule has 2 atom stereocenters. The minimum absolute atomic E-state index is 0.0512. The molecule has 2 unspecified atom stereocenters. The van der Waals surface area contributed by atoms with Gasteiger partial charge in [-0.15, -0.1) is 0 Å². The van der Waals surface area contributed by atoms with Crippen LogP contribution in [0, 0.1) is 13.8 Å². The second-order valence-corrected chi connectivity index (χ2v) is 5.25. The monoisotopic (exact) mass is 273 g/mol. The molecule has 0 radical (unpaired) electrons. The third kappa shape index (κ3) is 2.67. The largest absolute Gasteiger partial charge is 0.480 e. The van der Waals surface area contributed by atoms with Crippen LogP contribution in [0.3, 0.4) is 0 Å². The van der Waals surface area contributed by atoms with E-state index < -0.39 is 11.5 Å². The summed E-state index contributed by atoms with van der Waals surface area (Å²) in [6.45, 7) is 7.33. The lowest BCUT2D eigenvalue weighted by atomic mass is 9.94. The first-order valence-corrected chi connectivity index (χ1v) is 6.24. The summed E-state index contributed by atoms with van der Waals surface area (Å²) in [6.07, 6.45) is 0.428. The summed E-state index contributed by atoms with van der Waals surface area (Å²) in [5.74, 6) is -0.871. The van der Waals surface area contributed by atoms with Crippen LogP contribution >= 0.6 is 11.6 Å². The Bertz CT molecular complexity index is 458. The first kappa shape index (κ1) is 15.0. The van der Waals surface area contributed by atoms with Crippen LogP contribution < -0.4 is 5.32 Å². The number of hydrogen-bond acceptors (Lipinski definition) is 3. The third-order valence-electron chi connectivity index (χ3n) is 3.38. The maximum absolute atomic E-state index is 11.3. The van der Waals surface area contributed by atoms with E-state index in [0.717, 1.165) is 11.4 Å². The molecule has 5 nitrogen and oxygen atoms in total. The predicted octanol–water partition coefficient (Wildman–Crippen LogP) is 2.17. The minimum atomic E-state index is -0.974. The third-order valence-corrected chi connectivity index (χ3v) is 3.93. The molecule has 0 aliphatic heterocycles. The number of carbonyl (C=O) groups is 1. The number of aliphatic carboxylic acids is 1. The lowest BCUT2D eigenvalue weighted by Crippen LogP contribution is -2.48. The zero-order valence-corrected chi connectivity index (χ0v) is 12.2. The number of carboxylic acids is 1. The maximum Gasteiger partial charge on any atom is 0.323 e. The van der Waals surface area contributed by atoms with Gasteiger partial charge in [-0.05, 0) is 41.2 Å². The molecule has 0 spiro atoms. The second-order valence-electron chi connectivity index (χ2n) is 4.87. The summed E-state index contributed by atoms with van der Waals surface area (Å²) >= 11 is 6.09. The van der Waals surface area contributed by atoms with Crippen LogP contribution in [0.2, 0.25) is 5.02 Å². The van der Waals surface area contributed by atoms with Crippen LogP contribution in [0.25, 0.3) is 0 Å². The average Bonchev–Trinajstić information content (AvgIpc) is 2.56. The van der Waals surface area contributed by atoms with E-state index in [9.17, 15) is 9.90 Å². The standard InChI is InChI=1S/C12H20ClN3O2/c1-7(6-12(4,14-5)11(17)18)16-9(3)10(13)8(2)15-16/h7,14H,6H2,1-5H3,(H,17,18). The first-order chi connectivity index (χ1) is 8.23. The predicted molar refractivity (Wildman–Crippen MR) is 71.1 cm³/mol. The van der Waals surface area contributed by atoms with Gasteiger partial charge in [-0.2, -0.15) is 5.10 Å². The van der Waals surface area contributed by atoms with E-state index in [1.54, 1.807) is 18.7 Å². The van der Waals surface area contributed by atoms with Crippen molar-refractivity contribution >= 4 is 17.6 Å². The summed E-state index contributed by atoms with van der Waals surface area (Å²) in [5, 5.41) is 17.1. The van der Waals surface area contributed by atoms with E-state index >= 15 is 0 Å². The van der Waals surface area contributed by atoms with Crippen molar-refractivity contribution in [3.05, 3.63) is 16.4 Å². The van der Waals surface area contributed by atoms with Gasteiger partial charge < -0.3 is 10.4 Å². The summed E-state index contributed by atoms with van der Waals surface area (Å²) in [6, 6.07) is -0.0512. The summed E-state index contributed by atoms with van der Waals surface area (Å²) in [4.78, 5) is 11.3. The Morgan fingerprint density at radius 3 is 2.50 bits per heavy atom. The summed E-state index contributed by atoms with van der Waals surface area (Å²) in [7, 11) is 1.65. The number of hydrogen-bond donors (Lipinski definition) is 2. The highest BCUT2D eigenvalue weighted by molar-refractivity contribution is 6.31. The van der Waals surface area contributed by atoms with Crippen molar-refractivity contribution in [2.24, 2.45) is 0 Å². The van der Waals surface area contributed by atoms with Crippen LogP contribution in [-0.4, -0.2) is 33.4 Å². The van der Waals surface area contributed by atoms with Gasteiger partial charge in [0.05, 0.1) is 22.5 Å². The van der Waals surface area contributed by atoms with Gasteiger partial charge in [0.1, 0.15) is 5.54 Å². The van der Waals surface area contributed by atoms with E-state index in [1.165, 1.54) is 0 Å². The molecule has 0 aromatic carbocycles. The van der Waals surface area contributed by atoms with Gasteiger partial charge in [0.15, 0.2) is 0 Å². The van der Waals surface area contributed by atoms with E-state index in [1.807, 2.05) is 20.8 Å². The fourth-order valence-corrected chi connectivity index (χ4v) is 2.17. The molecule has 0 amide bonds. The molecule has 1 rings (SSSR count). The molecule has 0 saturated carbocycles. The van der Waals surface area contributed by atoms with Crippen molar-refractivity contribution in [3.8, 4) is 0 Å². The fourth-order valence-electron chi connectivity index (χ4n) is 2.05. The van der Waals surface area contributed by atoms with Gasteiger partial charge in [0.2, 0.25) is 0 Å². The normalized spacial score (nSPS) is 16.3. The van der Waals surface area contributed by atoms with Gasteiger partial charge in [0.25, 0.3) is 0 Å². The zero-order chi connectivity index (χ0) is 14.1. The molecule has 0 fully saturated rings. The van der Waals surface area contributed by atoms with Gasteiger partial charge in [-0.25, -0.2) is 0 Å². The number of rotatable bonds is 5. The van der Waals surface area contributed by atoms with Crippen LogP contribution in [0.15, 0.2) is 0 Å². The number of aryl methyl sites for hydroxylation is 1. The Hall–Kier alpha value is -1.07. The van der Waals surface area contributed by atoms with Crippen LogP contribution in [0.1, 0.15) is 37.7 Å². The molecule has 0 bridgehead atoms. The number of likely N-dealkylation sites (N-methyl/N-ethyl adjacent to an activating group) is 1. The maximum atomic E-state index is 11.3. The molecule has 18 heavy (non-hydrogen) atoms. The van der Waals surface area contributed by atoms with Crippen LogP contribution in [-0.2, 0) is 4.79 Å². The van der Waals surface area contributed by atoms with Crippen molar-refractivity contribution in [2.75, 3.05) is 7.05 Å². The van der Waals surface area contributed by atoms with Crippen molar-refractivity contribution in [2.45, 2.75) is 45.7 Å². The molecular formula is C12H20ClN3O2. The zero-order valence-electron chi connectivity index (χ0n) is 11.4. The molecule has 1 aromatic rings. The molecule has 0 saturated heterocycles. The van der Waals surface area contributed by atoms with Crippen molar-refractivity contribution in [1.82, 2.24) is 15.1 Å². The van der Waals surface area contributed by atoms with Gasteiger partial charge >= 0.3 is 5.97 Å². The number of nitrogens with zero attached hydrogens (tertiary/aromatic N) is 2. The van der Waals surface area contributed by atoms with Crippen molar-refractivity contribution in [3.63, 3.8) is 0 Å². The number of nitrogens with one attached hydrogen (secondary N) is 1. The summed E-state index contributed by atoms with van der Waals surface area (Å²) in [5.41, 5.74) is 0.658. The van der Waals surface area contributed by atoms with Crippen molar-refractivity contribution in [1.29, 1.82) is 0 Å². The Labute approximate surface area is 112 Å². The smallest absolute Gasteiger partial charge is 0.323 e. The number of halogens is 1. The van der Waals surface area contributed by atoms with E-state index in [0.29, 0.717) is 11.4 Å². The molecule has 102 valence electrons. The first-order valence-electron chi connectivity index (χ1n) is 5.86. The molecular weight excluding hydrogens is 254 g/mol. The fraction of sp³-hybridized carbons (Fsp3) is 0.667. The SMILES string of the molecule is CNC(C)(CC(C)n1nc(C)c(Cl)c1C)C(=O)O. The molecule has 2 N–H and O–H groups in total. The van der Waals surface area contributed by atoms with Gasteiger partial charge in [-0.3, -0.25) is 9.48 Å². The highest BCUT2D eigenvalue weighted by Crippen LogP contribution is 2.26. The topological polar surface area (TPSA) is 67.2 Å². The molecule has 0 aliphatic rings. The Balaban J connectivity index is 2.98. The molecule has 1 aromatic heterocycles. The van der Waals surface area contributed by atoms with Crippen LogP contribution in [0.4, 0.5) is 0 Å². The van der Waals surface area contributed by atoms with Crippen LogP contribution in [0.5, 0.6) is 0 Å². The molecule has 1 heterocycles. The van der Waals surface area contributed by atoms with Gasteiger partial charge in [-0.1, -0.05) is 11.6 Å². The van der Waals surface area contributed by atoms with E-state index in [4.69, 9.17) is 11.6 Å². The van der Waals surface area contributed by atoms with E-state index in [2.05, 4.69) is 10.4 Å². The minimum Gasteiger partial charge on any atom is -0.480 e. The Kier molecular flexibility index (Phi) is 4.40. The lowest BCUT2D eigenvalue weighted by Gasteiger charge is -2.28. The quantitative estimate of drug-likeness (QED) is 0.863. The Morgan fingerprint density at radius 1 is 1.61 bits per heavy atom. The summed E-state index contributed by atoms with van der Waals surface area (Å²) < 4.78 is 1.79. The van der Waals surface area contributed by atoms with Gasteiger partial charge in [0, 0.05) is 0 Å². The lowest BCUT2D eigenvalue weighted by molar-refractivity contribution is -0.144. The number of carboxylic acid groups (broad SMARTS) is 1. The number of aromatic nitrogens is 2.